The molecule has 0 unspecified atom stereocenters. The van der Waals surface area contributed by atoms with Gasteiger partial charge in [0.2, 0.25) is 0 Å². The largest absolute Gasteiger partial charge is 0.493 e. The second-order valence-electron chi connectivity index (χ2n) is 8.32. The monoisotopic (exact) mass is 479 g/mol. The standard InChI is InChI=1S/C28H25N5O3/c1-17-7-9-20(10-8-17)31-25-16-26(30-18(2)29-25)32-21-11-13-22(14-12-21)33-28(34)24-15-19-5-4-6-23(35-3)27(19)36-24/h4-16H,1-3H3,(H,33,34)(H2,29,30,31,32). The number of carbonyl (C=O) groups is 1. The second-order valence-corrected chi connectivity index (χ2v) is 8.32. The average molecular weight is 480 g/mol. The number of aryl methyl sites for hydroxylation is 2. The van der Waals surface area contributed by atoms with Gasteiger partial charge in [0.05, 0.1) is 7.11 Å². The van der Waals surface area contributed by atoms with Crippen molar-refractivity contribution < 1.29 is 13.9 Å². The van der Waals surface area contributed by atoms with Crippen LogP contribution in [0.3, 0.4) is 0 Å². The number of amides is 1. The number of hydrogen-bond acceptors (Lipinski definition) is 7. The summed E-state index contributed by atoms with van der Waals surface area (Å²) < 4.78 is 11.0. The summed E-state index contributed by atoms with van der Waals surface area (Å²) in [6.07, 6.45) is 0. The zero-order valence-electron chi connectivity index (χ0n) is 20.1. The Bertz CT molecular complexity index is 1530. The van der Waals surface area contributed by atoms with Gasteiger partial charge in [-0.1, -0.05) is 29.8 Å². The highest BCUT2D eigenvalue weighted by Gasteiger charge is 2.15. The van der Waals surface area contributed by atoms with E-state index in [4.69, 9.17) is 9.15 Å². The van der Waals surface area contributed by atoms with Gasteiger partial charge in [-0.15, -0.1) is 0 Å². The van der Waals surface area contributed by atoms with Gasteiger partial charge < -0.3 is 25.1 Å². The summed E-state index contributed by atoms with van der Waals surface area (Å²) in [6.45, 7) is 3.89. The molecule has 180 valence electrons. The molecule has 0 saturated heterocycles. The Kier molecular flexibility index (Phi) is 6.23. The van der Waals surface area contributed by atoms with E-state index in [1.54, 1.807) is 19.2 Å². The molecule has 0 fully saturated rings. The first-order chi connectivity index (χ1) is 17.5. The molecule has 3 N–H and O–H groups in total. The van der Waals surface area contributed by atoms with Crippen molar-refractivity contribution in [1.82, 2.24) is 9.97 Å². The van der Waals surface area contributed by atoms with Crippen molar-refractivity contribution in [1.29, 1.82) is 0 Å². The van der Waals surface area contributed by atoms with Crippen LogP contribution in [0.25, 0.3) is 11.0 Å². The lowest BCUT2D eigenvalue weighted by molar-refractivity contribution is 0.0998. The maximum atomic E-state index is 12.7. The number of carbonyl (C=O) groups excluding carboxylic acids is 1. The lowest BCUT2D eigenvalue weighted by Gasteiger charge is -2.11. The molecule has 2 aromatic heterocycles. The van der Waals surface area contributed by atoms with Gasteiger partial charge in [0.15, 0.2) is 17.1 Å². The molecule has 0 aliphatic rings. The fourth-order valence-electron chi connectivity index (χ4n) is 3.77. The fraction of sp³-hybridized carbons (Fsp3) is 0.107. The summed E-state index contributed by atoms with van der Waals surface area (Å²) in [5.41, 5.74) is 4.15. The Labute approximate surface area is 208 Å². The molecule has 8 nitrogen and oxygen atoms in total. The van der Waals surface area contributed by atoms with Gasteiger partial charge in [0, 0.05) is 28.5 Å². The van der Waals surface area contributed by atoms with Crippen LogP contribution in [0.5, 0.6) is 5.75 Å². The molecule has 0 radical (unpaired) electrons. The van der Waals surface area contributed by atoms with Gasteiger partial charge in [-0.2, -0.15) is 0 Å². The van der Waals surface area contributed by atoms with Gasteiger partial charge in [0.1, 0.15) is 17.5 Å². The van der Waals surface area contributed by atoms with Crippen molar-refractivity contribution in [2.45, 2.75) is 13.8 Å². The lowest BCUT2D eigenvalue weighted by Crippen LogP contribution is -2.10. The molecule has 0 aliphatic carbocycles. The van der Waals surface area contributed by atoms with Crippen molar-refractivity contribution in [3.63, 3.8) is 0 Å². The maximum Gasteiger partial charge on any atom is 0.291 e. The Balaban J connectivity index is 1.26. The number of para-hydroxylation sites is 1. The minimum absolute atomic E-state index is 0.210. The molecule has 0 spiro atoms. The highest BCUT2D eigenvalue weighted by atomic mass is 16.5. The summed E-state index contributed by atoms with van der Waals surface area (Å²) in [5.74, 6) is 2.44. The number of fused-ring (bicyclic) bond motifs is 1. The van der Waals surface area contributed by atoms with Crippen molar-refractivity contribution in [3.8, 4) is 5.75 Å². The second kappa shape index (κ2) is 9.79. The number of aromatic nitrogens is 2. The number of benzene rings is 3. The topological polar surface area (TPSA) is 101 Å². The van der Waals surface area contributed by atoms with E-state index in [-0.39, 0.29) is 11.7 Å². The lowest BCUT2D eigenvalue weighted by atomic mass is 10.2. The molecular weight excluding hydrogens is 454 g/mol. The molecule has 5 rings (SSSR count). The van der Waals surface area contributed by atoms with E-state index in [1.807, 2.05) is 80.6 Å². The Morgan fingerprint density at radius 3 is 2.06 bits per heavy atom. The van der Waals surface area contributed by atoms with Crippen LogP contribution in [0.1, 0.15) is 21.9 Å². The zero-order valence-corrected chi connectivity index (χ0v) is 20.1. The number of nitrogens with one attached hydrogen (secondary N) is 3. The van der Waals surface area contributed by atoms with E-state index >= 15 is 0 Å². The predicted octanol–water partition coefficient (Wildman–Crippen LogP) is 6.59. The van der Waals surface area contributed by atoms with Crippen LogP contribution in [0, 0.1) is 13.8 Å². The minimum Gasteiger partial charge on any atom is -0.493 e. The van der Waals surface area contributed by atoms with E-state index in [2.05, 4.69) is 25.9 Å². The predicted molar refractivity (Wildman–Crippen MR) is 142 cm³/mol. The summed E-state index contributed by atoms with van der Waals surface area (Å²) in [5, 5.41) is 10.3. The van der Waals surface area contributed by atoms with Crippen molar-refractivity contribution in [3.05, 3.63) is 96.0 Å². The van der Waals surface area contributed by atoms with Crippen LogP contribution in [0.2, 0.25) is 0 Å². The summed E-state index contributed by atoms with van der Waals surface area (Å²) in [6, 6.07) is 24.5. The number of hydrogen-bond donors (Lipinski definition) is 3. The first kappa shape index (κ1) is 22.9. The summed E-state index contributed by atoms with van der Waals surface area (Å²) in [7, 11) is 1.57. The van der Waals surface area contributed by atoms with Crippen molar-refractivity contribution >= 4 is 45.6 Å². The molecule has 5 aromatic rings. The normalized spacial score (nSPS) is 10.8. The first-order valence-electron chi connectivity index (χ1n) is 11.4. The number of furan rings is 1. The van der Waals surface area contributed by atoms with Crippen molar-refractivity contribution in [2.24, 2.45) is 0 Å². The molecular formula is C28H25N5O3. The van der Waals surface area contributed by atoms with Crippen LogP contribution in [-0.2, 0) is 0 Å². The third-order valence-electron chi connectivity index (χ3n) is 5.53. The highest BCUT2D eigenvalue weighted by molar-refractivity contribution is 6.05. The summed E-state index contributed by atoms with van der Waals surface area (Å²) in [4.78, 5) is 21.7. The van der Waals surface area contributed by atoms with E-state index in [9.17, 15) is 4.79 Å². The molecule has 0 bridgehead atoms. The number of methoxy groups -OCH3 is 1. The quantitative estimate of drug-likeness (QED) is 0.242. The molecule has 3 aromatic carbocycles. The number of nitrogens with zero attached hydrogens (tertiary/aromatic N) is 2. The van der Waals surface area contributed by atoms with E-state index in [0.29, 0.717) is 34.5 Å². The molecule has 0 atom stereocenters. The fourth-order valence-corrected chi connectivity index (χ4v) is 3.77. The average Bonchev–Trinajstić information content (AvgIpc) is 3.31. The van der Waals surface area contributed by atoms with Crippen molar-refractivity contribution in [2.75, 3.05) is 23.1 Å². The first-order valence-corrected chi connectivity index (χ1v) is 11.4. The maximum absolute atomic E-state index is 12.7. The smallest absolute Gasteiger partial charge is 0.291 e. The third-order valence-corrected chi connectivity index (χ3v) is 5.53. The van der Waals surface area contributed by atoms with Gasteiger partial charge in [-0.3, -0.25) is 4.79 Å². The Morgan fingerprint density at radius 2 is 1.42 bits per heavy atom. The van der Waals surface area contributed by atoms with Crippen LogP contribution in [-0.4, -0.2) is 23.0 Å². The number of rotatable bonds is 7. The van der Waals surface area contributed by atoms with Gasteiger partial charge >= 0.3 is 0 Å². The van der Waals surface area contributed by atoms with Gasteiger partial charge in [-0.25, -0.2) is 9.97 Å². The highest BCUT2D eigenvalue weighted by Crippen LogP contribution is 2.29. The molecule has 2 heterocycles. The molecule has 1 amide bonds. The van der Waals surface area contributed by atoms with Crippen LogP contribution in [0.15, 0.2) is 83.3 Å². The molecule has 8 heteroatoms. The Hall–Kier alpha value is -4.85. The molecule has 0 aliphatic heterocycles. The van der Waals surface area contributed by atoms with E-state index in [1.165, 1.54) is 5.56 Å². The molecule has 36 heavy (non-hydrogen) atoms. The van der Waals surface area contributed by atoms with Crippen LogP contribution >= 0.6 is 0 Å². The zero-order chi connectivity index (χ0) is 25.1. The number of ether oxygens (including phenoxy) is 1. The number of anilines is 5. The summed E-state index contributed by atoms with van der Waals surface area (Å²) >= 11 is 0. The van der Waals surface area contributed by atoms with E-state index in [0.717, 1.165) is 16.8 Å². The van der Waals surface area contributed by atoms with E-state index < -0.39 is 0 Å². The molecule has 0 saturated carbocycles. The van der Waals surface area contributed by atoms with Crippen LogP contribution < -0.4 is 20.7 Å². The van der Waals surface area contributed by atoms with Gasteiger partial charge in [-0.05, 0) is 62.4 Å². The SMILES string of the molecule is COc1cccc2cc(C(=O)Nc3ccc(Nc4cc(Nc5ccc(C)cc5)nc(C)n4)cc3)oc12. The van der Waals surface area contributed by atoms with Gasteiger partial charge in [0.25, 0.3) is 5.91 Å². The minimum atomic E-state index is -0.341. The van der Waals surface area contributed by atoms with Crippen LogP contribution in [0.4, 0.5) is 28.7 Å². The Morgan fingerprint density at radius 1 is 0.806 bits per heavy atom. The third kappa shape index (κ3) is 5.12.